The van der Waals surface area contributed by atoms with Gasteiger partial charge in [0.1, 0.15) is 0 Å². The average Bonchev–Trinajstić information content (AvgIpc) is 2.33. The third-order valence-electron chi connectivity index (χ3n) is 1.55. The summed E-state index contributed by atoms with van der Waals surface area (Å²) in [6, 6.07) is 14.7. The summed E-state index contributed by atoms with van der Waals surface area (Å²) in [6.45, 7) is 0. The SMILES string of the molecule is [Cl-].[Cl-].[U+3].c1ccc2[cH-]ccc2c1. The van der Waals surface area contributed by atoms with Crippen molar-refractivity contribution in [3.05, 3.63) is 42.5 Å². The zero-order valence-electron chi connectivity index (χ0n) is 6.30. The standard InChI is InChI=1S/C9H7.2ClH.U/c1-2-5-9-7-3-6-8(9)4-1;;;/h1-7H;2*1H;/q-1;;;+3/p-2. The molecule has 0 aliphatic carbocycles. The van der Waals surface area contributed by atoms with Gasteiger partial charge in [-0.15, -0.1) is 29.7 Å². The first-order valence-corrected chi connectivity index (χ1v) is 3.07. The van der Waals surface area contributed by atoms with Crippen LogP contribution in [0.2, 0.25) is 0 Å². The Balaban J connectivity index is 0. The molecule has 0 aliphatic heterocycles. The molecule has 0 atom stereocenters. The van der Waals surface area contributed by atoms with Crippen LogP contribution in [-0.2, 0) is 0 Å². The van der Waals surface area contributed by atoms with E-state index in [1.165, 1.54) is 10.8 Å². The van der Waals surface area contributed by atoms with Crippen molar-refractivity contribution < 1.29 is 55.9 Å². The molecule has 0 spiro atoms. The molecule has 0 heterocycles. The second-order valence-electron chi connectivity index (χ2n) is 2.15. The number of hydrogen-bond donors (Lipinski definition) is 0. The van der Waals surface area contributed by atoms with Crippen LogP contribution in [0.5, 0.6) is 0 Å². The Morgan fingerprint density at radius 3 is 2.25 bits per heavy atom. The van der Waals surface area contributed by atoms with E-state index in [2.05, 4.69) is 42.5 Å². The quantitative estimate of drug-likeness (QED) is 0.387. The normalized spacial score (nSPS) is 7.67. The number of hydrogen-bond acceptors (Lipinski definition) is 0. The van der Waals surface area contributed by atoms with Crippen molar-refractivity contribution in [2.75, 3.05) is 0 Å². The molecule has 2 aromatic rings. The molecule has 0 nitrogen and oxygen atoms in total. The molecule has 12 heavy (non-hydrogen) atoms. The molecule has 1 radical (unpaired) electrons. The smallest absolute Gasteiger partial charge is 1.00 e. The van der Waals surface area contributed by atoms with Crippen molar-refractivity contribution in [2.24, 2.45) is 0 Å². The van der Waals surface area contributed by atoms with Crippen LogP contribution >= 0.6 is 0 Å². The first-order chi connectivity index (χ1) is 4.47. The summed E-state index contributed by atoms with van der Waals surface area (Å²) in [5.41, 5.74) is 0. The summed E-state index contributed by atoms with van der Waals surface area (Å²) < 4.78 is 0. The van der Waals surface area contributed by atoms with E-state index in [9.17, 15) is 0 Å². The largest absolute Gasteiger partial charge is 3.00 e. The van der Waals surface area contributed by atoms with Gasteiger partial charge in [0.15, 0.2) is 0 Å². The minimum absolute atomic E-state index is 0. The molecule has 0 aromatic heterocycles. The molecule has 0 saturated heterocycles. The maximum atomic E-state index is 2.12. The molecule has 0 bridgehead atoms. The summed E-state index contributed by atoms with van der Waals surface area (Å²) in [5.74, 6) is 0. The molecule has 0 fully saturated rings. The Kier molecular flexibility index (Phi) is 8.63. The maximum absolute atomic E-state index is 2.12. The van der Waals surface area contributed by atoms with E-state index in [-0.39, 0.29) is 55.9 Å². The van der Waals surface area contributed by atoms with Gasteiger partial charge in [-0.05, 0) is 0 Å². The zero-order valence-corrected chi connectivity index (χ0v) is 12.0. The fraction of sp³-hybridized carbons (Fsp3) is 0. The number of fused-ring (bicyclic) bond motifs is 1. The fourth-order valence-electron chi connectivity index (χ4n) is 1.07. The monoisotopic (exact) mass is 423 g/mol. The van der Waals surface area contributed by atoms with Crippen LogP contribution < -0.4 is 24.8 Å². The van der Waals surface area contributed by atoms with Gasteiger partial charge in [-0.1, -0.05) is 6.07 Å². The van der Waals surface area contributed by atoms with Gasteiger partial charge >= 0.3 is 31.1 Å². The molecular weight excluding hydrogens is 417 g/mol. The third-order valence-corrected chi connectivity index (χ3v) is 1.55. The molecule has 2 aromatic carbocycles. The zero-order chi connectivity index (χ0) is 6.10. The molecule has 0 aliphatic rings. The molecule has 2 rings (SSSR count). The maximum Gasteiger partial charge on any atom is 3.00 e. The minimum atomic E-state index is 0. The molecule has 0 amide bonds. The van der Waals surface area contributed by atoms with E-state index < -0.39 is 0 Å². The molecule has 3 heteroatoms. The van der Waals surface area contributed by atoms with Crippen molar-refractivity contribution >= 4 is 10.8 Å². The van der Waals surface area contributed by atoms with Crippen LogP contribution in [0.3, 0.4) is 0 Å². The Bertz CT molecular complexity index is 287. The third kappa shape index (κ3) is 3.07. The average molecular weight is 424 g/mol. The topological polar surface area (TPSA) is 0 Å². The van der Waals surface area contributed by atoms with Crippen LogP contribution in [0.25, 0.3) is 10.8 Å². The summed E-state index contributed by atoms with van der Waals surface area (Å²) in [6.07, 6.45) is 0. The van der Waals surface area contributed by atoms with Gasteiger partial charge in [-0.3, -0.25) is 0 Å². The first kappa shape index (κ1) is 15.0. The Morgan fingerprint density at radius 1 is 0.917 bits per heavy atom. The Hall–Kier alpha value is 0.462. The van der Waals surface area contributed by atoms with Crippen LogP contribution in [0.4, 0.5) is 0 Å². The minimum Gasteiger partial charge on any atom is -1.00 e. The van der Waals surface area contributed by atoms with Gasteiger partial charge in [-0.25, -0.2) is 0 Å². The molecule has 61 valence electrons. The van der Waals surface area contributed by atoms with Gasteiger partial charge in [0, 0.05) is 0 Å². The van der Waals surface area contributed by atoms with Crippen molar-refractivity contribution in [1.29, 1.82) is 0 Å². The number of rotatable bonds is 0. The van der Waals surface area contributed by atoms with Crippen molar-refractivity contribution in [1.82, 2.24) is 0 Å². The van der Waals surface area contributed by atoms with Crippen LogP contribution in [0.15, 0.2) is 42.5 Å². The van der Waals surface area contributed by atoms with E-state index in [1.807, 2.05) is 0 Å². The predicted octanol–water partition coefficient (Wildman–Crippen LogP) is -3.43. The van der Waals surface area contributed by atoms with E-state index >= 15 is 0 Å². The number of halogens is 2. The van der Waals surface area contributed by atoms with E-state index in [0.29, 0.717) is 0 Å². The second-order valence-corrected chi connectivity index (χ2v) is 2.15. The summed E-state index contributed by atoms with van der Waals surface area (Å²) >= 11 is 0. The predicted molar refractivity (Wildman–Crippen MR) is 39.5 cm³/mol. The molecular formula is C9H7Cl2U. The molecule has 0 saturated carbocycles. The fourth-order valence-corrected chi connectivity index (χ4v) is 1.07. The molecule has 0 unspecified atom stereocenters. The summed E-state index contributed by atoms with van der Waals surface area (Å²) in [4.78, 5) is 0. The van der Waals surface area contributed by atoms with Crippen LogP contribution in [0.1, 0.15) is 0 Å². The van der Waals surface area contributed by atoms with Crippen LogP contribution in [0, 0.1) is 31.1 Å². The van der Waals surface area contributed by atoms with Crippen molar-refractivity contribution in [2.45, 2.75) is 0 Å². The Labute approximate surface area is 108 Å². The van der Waals surface area contributed by atoms with Gasteiger partial charge in [0.2, 0.25) is 0 Å². The van der Waals surface area contributed by atoms with E-state index in [4.69, 9.17) is 0 Å². The first-order valence-electron chi connectivity index (χ1n) is 3.07. The van der Waals surface area contributed by atoms with Gasteiger partial charge < -0.3 is 24.8 Å². The van der Waals surface area contributed by atoms with Gasteiger partial charge in [0.05, 0.1) is 0 Å². The molecule has 0 N–H and O–H groups in total. The number of benzene rings is 1. The van der Waals surface area contributed by atoms with E-state index in [0.717, 1.165) is 0 Å². The van der Waals surface area contributed by atoms with Crippen LogP contribution in [-0.4, -0.2) is 0 Å². The van der Waals surface area contributed by atoms with Crippen molar-refractivity contribution in [3.63, 3.8) is 0 Å². The van der Waals surface area contributed by atoms with Crippen molar-refractivity contribution in [3.8, 4) is 0 Å². The van der Waals surface area contributed by atoms with Gasteiger partial charge in [0.25, 0.3) is 0 Å². The summed E-state index contributed by atoms with van der Waals surface area (Å²) in [5, 5.41) is 2.66. The van der Waals surface area contributed by atoms with E-state index in [1.54, 1.807) is 0 Å². The van der Waals surface area contributed by atoms with Gasteiger partial charge in [-0.2, -0.15) is 17.5 Å². The Morgan fingerprint density at radius 2 is 1.58 bits per heavy atom. The second kappa shape index (κ2) is 6.92. The summed E-state index contributed by atoms with van der Waals surface area (Å²) in [7, 11) is 0.